The lowest BCUT2D eigenvalue weighted by molar-refractivity contribution is 0.200. The van der Waals surface area contributed by atoms with E-state index in [-0.39, 0.29) is 11.7 Å². The third-order valence-electron chi connectivity index (χ3n) is 2.81. The average molecular weight is 257 g/mol. The average Bonchev–Trinajstić information content (AvgIpc) is 2.35. The molecule has 0 aliphatic carbocycles. The Kier molecular flexibility index (Phi) is 3.84. The highest BCUT2D eigenvalue weighted by Crippen LogP contribution is 2.20. The molecule has 2 amide bonds. The van der Waals surface area contributed by atoms with Crippen LogP contribution in [-0.4, -0.2) is 24.0 Å². The van der Waals surface area contributed by atoms with Gasteiger partial charge in [-0.05, 0) is 37.5 Å². The molecule has 0 radical (unpaired) electrons. The molecule has 1 saturated heterocycles. The predicted octanol–water partition coefficient (Wildman–Crippen LogP) is 3.50. The molecule has 0 atom stereocenters. The van der Waals surface area contributed by atoms with Crippen molar-refractivity contribution in [2.45, 2.75) is 19.3 Å². The second kappa shape index (κ2) is 5.36. The Morgan fingerprint density at radius 2 is 2.00 bits per heavy atom. The number of benzene rings is 1. The summed E-state index contributed by atoms with van der Waals surface area (Å²) in [4.78, 5) is 13.5. The number of nitrogens with zero attached hydrogens (tertiary/aromatic N) is 1. The smallest absolute Gasteiger partial charge is 0.321 e. The Balaban J connectivity index is 2.04. The molecule has 0 bridgehead atoms. The highest BCUT2D eigenvalue weighted by Gasteiger charge is 2.17. The Bertz CT molecular complexity index is 419. The van der Waals surface area contributed by atoms with Crippen LogP contribution in [0.4, 0.5) is 14.9 Å². The van der Waals surface area contributed by atoms with E-state index in [1.807, 2.05) is 0 Å². The largest absolute Gasteiger partial charge is 0.325 e. The van der Waals surface area contributed by atoms with Gasteiger partial charge in [0.15, 0.2) is 0 Å². The summed E-state index contributed by atoms with van der Waals surface area (Å²) < 4.78 is 13.4. The topological polar surface area (TPSA) is 32.3 Å². The van der Waals surface area contributed by atoms with Gasteiger partial charge in [-0.25, -0.2) is 9.18 Å². The van der Waals surface area contributed by atoms with Crippen molar-refractivity contribution in [3.63, 3.8) is 0 Å². The molecule has 1 aliphatic heterocycles. The number of urea groups is 1. The first kappa shape index (κ1) is 12.2. The maximum atomic E-state index is 13.4. The van der Waals surface area contributed by atoms with Crippen LogP contribution < -0.4 is 5.32 Å². The van der Waals surface area contributed by atoms with E-state index >= 15 is 0 Å². The number of halogens is 2. The molecule has 0 saturated carbocycles. The summed E-state index contributed by atoms with van der Waals surface area (Å²) in [6.07, 6.45) is 3.16. The minimum absolute atomic E-state index is 0.132. The van der Waals surface area contributed by atoms with Crippen LogP contribution in [-0.2, 0) is 0 Å². The molecule has 1 heterocycles. The minimum atomic E-state index is -0.472. The lowest BCUT2D eigenvalue weighted by Crippen LogP contribution is -2.38. The molecule has 0 spiro atoms. The zero-order valence-electron chi connectivity index (χ0n) is 9.38. The van der Waals surface area contributed by atoms with Gasteiger partial charge >= 0.3 is 6.03 Å². The monoisotopic (exact) mass is 256 g/mol. The first-order chi connectivity index (χ1) is 8.16. The molecule has 1 N–H and O–H groups in total. The van der Waals surface area contributed by atoms with Gasteiger partial charge in [-0.3, -0.25) is 0 Å². The summed E-state index contributed by atoms with van der Waals surface area (Å²) in [6, 6.07) is 3.85. The second-order valence-electron chi connectivity index (χ2n) is 4.10. The van der Waals surface area contributed by atoms with E-state index in [4.69, 9.17) is 11.6 Å². The summed E-state index contributed by atoms with van der Waals surface area (Å²) in [6.45, 7) is 1.46. The van der Waals surface area contributed by atoms with E-state index < -0.39 is 5.82 Å². The highest BCUT2D eigenvalue weighted by atomic mass is 35.5. The van der Waals surface area contributed by atoms with Gasteiger partial charge in [-0.1, -0.05) is 11.6 Å². The Labute approximate surface area is 105 Å². The molecular weight excluding hydrogens is 243 g/mol. The Morgan fingerprint density at radius 1 is 1.29 bits per heavy atom. The van der Waals surface area contributed by atoms with Crippen molar-refractivity contribution in [1.29, 1.82) is 0 Å². The molecule has 1 fully saturated rings. The number of carbonyl (C=O) groups is 1. The van der Waals surface area contributed by atoms with E-state index in [1.54, 1.807) is 4.90 Å². The fourth-order valence-corrected chi connectivity index (χ4v) is 2.06. The van der Waals surface area contributed by atoms with Crippen LogP contribution in [0.1, 0.15) is 19.3 Å². The standard InChI is InChI=1S/C12H14ClFN2O/c13-9-4-5-10(14)11(8-9)15-12(17)16-6-2-1-3-7-16/h4-5,8H,1-3,6-7H2,(H,15,17). The second-order valence-corrected chi connectivity index (χ2v) is 4.54. The van der Waals surface area contributed by atoms with E-state index in [0.29, 0.717) is 5.02 Å². The fourth-order valence-electron chi connectivity index (χ4n) is 1.88. The molecule has 0 aromatic heterocycles. The first-order valence-electron chi connectivity index (χ1n) is 5.68. The van der Waals surface area contributed by atoms with Crippen molar-refractivity contribution in [1.82, 2.24) is 4.90 Å². The SMILES string of the molecule is O=C(Nc1cc(Cl)ccc1F)N1CCCCC1. The molecule has 3 nitrogen and oxygen atoms in total. The van der Waals surface area contributed by atoms with Gasteiger partial charge in [-0.2, -0.15) is 0 Å². The summed E-state index contributed by atoms with van der Waals surface area (Å²) in [5.74, 6) is -0.472. The molecule has 1 aromatic carbocycles. The van der Waals surface area contributed by atoms with E-state index in [1.165, 1.54) is 18.2 Å². The minimum Gasteiger partial charge on any atom is -0.325 e. The molecule has 92 valence electrons. The number of nitrogens with one attached hydrogen (secondary N) is 1. The molecule has 2 rings (SSSR count). The summed E-state index contributed by atoms with van der Waals surface area (Å²) in [5, 5.41) is 2.95. The van der Waals surface area contributed by atoms with Crippen LogP contribution in [0.15, 0.2) is 18.2 Å². The predicted molar refractivity (Wildman–Crippen MR) is 65.9 cm³/mol. The van der Waals surface area contributed by atoms with Gasteiger partial charge in [-0.15, -0.1) is 0 Å². The molecule has 5 heteroatoms. The van der Waals surface area contributed by atoms with E-state index in [2.05, 4.69) is 5.32 Å². The van der Waals surface area contributed by atoms with Gasteiger partial charge in [0.1, 0.15) is 5.82 Å². The van der Waals surface area contributed by atoms with Crippen LogP contribution in [0, 0.1) is 5.82 Å². The number of likely N-dealkylation sites (tertiary alicyclic amines) is 1. The Morgan fingerprint density at radius 3 is 2.71 bits per heavy atom. The van der Waals surface area contributed by atoms with Gasteiger partial charge < -0.3 is 10.2 Å². The summed E-state index contributed by atoms with van der Waals surface area (Å²) >= 11 is 5.75. The zero-order valence-corrected chi connectivity index (χ0v) is 10.1. The van der Waals surface area contributed by atoms with Crippen molar-refractivity contribution in [2.75, 3.05) is 18.4 Å². The van der Waals surface area contributed by atoms with Crippen molar-refractivity contribution < 1.29 is 9.18 Å². The fraction of sp³-hybridized carbons (Fsp3) is 0.417. The van der Waals surface area contributed by atoms with E-state index in [9.17, 15) is 9.18 Å². The van der Waals surface area contributed by atoms with Crippen LogP contribution in [0.5, 0.6) is 0 Å². The maximum absolute atomic E-state index is 13.4. The number of amides is 2. The van der Waals surface area contributed by atoms with Gasteiger partial charge in [0, 0.05) is 18.1 Å². The number of carbonyl (C=O) groups excluding carboxylic acids is 1. The maximum Gasteiger partial charge on any atom is 0.321 e. The van der Waals surface area contributed by atoms with Crippen molar-refractivity contribution in [3.05, 3.63) is 29.0 Å². The summed E-state index contributed by atoms with van der Waals surface area (Å²) in [7, 11) is 0. The van der Waals surface area contributed by atoms with E-state index in [0.717, 1.165) is 32.4 Å². The number of rotatable bonds is 1. The Hall–Kier alpha value is -1.29. The first-order valence-corrected chi connectivity index (χ1v) is 6.05. The third kappa shape index (κ3) is 3.09. The number of piperidine rings is 1. The van der Waals surface area contributed by atoms with Gasteiger partial charge in [0.25, 0.3) is 0 Å². The highest BCUT2D eigenvalue weighted by molar-refractivity contribution is 6.30. The summed E-state index contributed by atoms with van der Waals surface area (Å²) in [5.41, 5.74) is 0.132. The third-order valence-corrected chi connectivity index (χ3v) is 3.05. The van der Waals surface area contributed by atoms with Gasteiger partial charge in [0.05, 0.1) is 5.69 Å². The normalized spacial score (nSPS) is 15.8. The van der Waals surface area contributed by atoms with Crippen molar-refractivity contribution in [3.8, 4) is 0 Å². The van der Waals surface area contributed by atoms with Crippen molar-refractivity contribution >= 4 is 23.3 Å². The quantitative estimate of drug-likeness (QED) is 0.820. The number of hydrogen-bond donors (Lipinski definition) is 1. The molecule has 0 unspecified atom stereocenters. The number of hydrogen-bond acceptors (Lipinski definition) is 1. The molecule has 17 heavy (non-hydrogen) atoms. The number of anilines is 1. The molecular formula is C12H14ClFN2O. The van der Waals surface area contributed by atoms with Crippen LogP contribution in [0.2, 0.25) is 5.02 Å². The van der Waals surface area contributed by atoms with Gasteiger partial charge in [0.2, 0.25) is 0 Å². The van der Waals surface area contributed by atoms with Crippen LogP contribution in [0.3, 0.4) is 0 Å². The van der Waals surface area contributed by atoms with Crippen LogP contribution in [0.25, 0.3) is 0 Å². The van der Waals surface area contributed by atoms with Crippen molar-refractivity contribution in [2.24, 2.45) is 0 Å². The zero-order chi connectivity index (χ0) is 12.3. The lowest BCUT2D eigenvalue weighted by Gasteiger charge is -2.26. The lowest BCUT2D eigenvalue weighted by atomic mass is 10.1. The molecule has 1 aromatic rings. The van der Waals surface area contributed by atoms with Crippen LogP contribution >= 0.6 is 11.6 Å². The molecule has 1 aliphatic rings.